The summed E-state index contributed by atoms with van der Waals surface area (Å²) in [7, 11) is 0. The molecular weight excluding hydrogens is 219 g/mol. The first-order chi connectivity index (χ1) is 7.09. The summed E-state index contributed by atoms with van der Waals surface area (Å²) in [6.45, 7) is 2.01. The molecule has 1 heterocycles. The van der Waals surface area contributed by atoms with Crippen LogP contribution in [0.3, 0.4) is 0 Å². The molecule has 0 bridgehead atoms. The van der Waals surface area contributed by atoms with Crippen molar-refractivity contribution < 1.29 is 49.0 Å². The second kappa shape index (κ2) is 5.34. The molecule has 0 aromatic heterocycles. The van der Waals surface area contributed by atoms with Crippen molar-refractivity contribution in [1.82, 2.24) is 0 Å². The molecule has 4 nitrogen and oxygen atoms in total. The number of carboxylic acid groups (broad SMARTS) is 1. The van der Waals surface area contributed by atoms with Gasteiger partial charge in [0.1, 0.15) is 17.8 Å². The van der Waals surface area contributed by atoms with Gasteiger partial charge in [-0.05, 0) is 25.2 Å². The standard InChI is InChI=1S/C11H14O4.Na/c1-6-3-2-4-8-10(6)7(12)5-9(15-8)11(13)14;/h5-6,8,10H,2-4H2,1H3,(H,13,14);/q;+1/p-1. The van der Waals surface area contributed by atoms with Crippen LogP contribution in [0.2, 0.25) is 0 Å². The molecule has 0 aromatic rings. The number of carbonyl (C=O) groups is 2. The van der Waals surface area contributed by atoms with E-state index in [0.29, 0.717) is 0 Å². The Kier molecular flexibility index (Phi) is 4.59. The molecular formula is C11H13NaO4. The molecule has 1 aliphatic heterocycles. The van der Waals surface area contributed by atoms with Crippen molar-refractivity contribution in [2.24, 2.45) is 11.8 Å². The fourth-order valence-corrected chi connectivity index (χ4v) is 2.49. The van der Waals surface area contributed by atoms with Crippen LogP contribution < -0.4 is 34.7 Å². The molecule has 82 valence electrons. The van der Waals surface area contributed by atoms with Crippen molar-refractivity contribution in [3.05, 3.63) is 11.8 Å². The minimum atomic E-state index is -1.40. The van der Waals surface area contributed by atoms with Gasteiger partial charge in [0.15, 0.2) is 5.78 Å². The van der Waals surface area contributed by atoms with E-state index in [9.17, 15) is 14.7 Å². The SMILES string of the molecule is CC1CCCC2OC(C(=O)[O-])=CC(=O)C12.[Na+]. The quantitative estimate of drug-likeness (QED) is 0.453. The van der Waals surface area contributed by atoms with Crippen molar-refractivity contribution in [1.29, 1.82) is 0 Å². The number of hydrogen-bond acceptors (Lipinski definition) is 4. The number of fused-ring (bicyclic) bond motifs is 1. The predicted octanol–water partition coefficient (Wildman–Crippen LogP) is -2.97. The first-order valence-electron chi connectivity index (χ1n) is 5.23. The van der Waals surface area contributed by atoms with Crippen LogP contribution in [0.1, 0.15) is 26.2 Å². The van der Waals surface area contributed by atoms with E-state index in [-0.39, 0.29) is 59.0 Å². The van der Waals surface area contributed by atoms with Gasteiger partial charge in [-0.25, -0.2) is 0 Å². The van der Waals surface area contributed by atoms with Gasteiger partial charge >= 0.3 is 29.6 Å². The maximum Gasteiger partial charge on any atom is 1.00 e. The summed E-state index contributed by atoms with van der Waals surface area (Å²) in [5.74, 6) is -1.73. The Morgan fingerprint density at radius 2 is 2.19 bits per heavy atom. The predicted molar refractivity (Wildman–Crippen MR) is 49.5 cm³/mol. The number of rotatable bonds is 1. The number of carbonyl (C=O) groups excluding carboxylic acids is 2. The van der Waals surface area contributed by atoms with Crippen molar-refractivity contribution in [3.63, 3.8) is 0 Å². The molecule has 0 spiro atoms. The van der Waals surface area contributed by atoms with Crippen LogP contribution in [0.15, 0.2) is 11.8 Å². The summed E-state index contributed by atoms with van der Waals surface area (Å²) in [4.78, 5) is 22.3. The van der Waals surface area contributed by atoms with Crippen molar-refractivity contribution >= 4 is 11.8 Å². The third kappa shape index (κ3) is 2.50. The summed E-state index contributed by atoms with van der Waals surface area (Å²) < 4.78 is 5.27. The third-order valence-electron chi connectivity index (χ3n) is 3.24. The molecule has 5 heteroatoms. The smallest absolute Gasteiger partial charge is 0.542 e. The van der Waals surface area contributed by atoms with Gasteiger partial charge in [0.2, 0.25) is 0 Å². The fourth-order valence-electron chi connectivity index (χ4n) is 2.49. The van der Waals surface area contributed by atoms with Gasteiger partial charge in [-0.3, -0.25) is 4.79 Å². The zero-order chi connectivity index (χ0) is 11.0. The van der Waals surface area contributed by atoms with E-state index in [1.165, 1.54) is 0 Å². The Hall–Kier alpha value is -0.320. The minimum absolute atomic E-state index is 0. The molecule has 3 unspecified atom stereocenters. The summed E-state index contributed by atoms with van der Waals surface area (Å²) >= 11 is 0. The molecule has 0 N–H and O–H groups in total. The number of carboxylic acids is 1. The van der Waals surface area contributed by atoms with Crippen LogP contribution in [-0.4, -0.2) is 17.9 Å². The van der Waals surface area contributed by atoms with E-state index in [1.54, 1.807) is 0 Å². The molecule has 1 fully saturated rings. The molecule has 1 saturated carbocycles. The van der Waals surface area contributed by atoms with E-state index in [1.807, 2.05) is 6.92 Å². The Morgan fingerprint density at radius 1 is 1.50 bits per heavy atom. The minimum Gasteiger partial charge on any atom is -0.542 e. The Balaban J connectivity index is 0.00000128. The molecule has 0 amide bonds. The van der Waals surface area contributed by atoms with E-state index in [4.69, 9.17) is 4.74 Å². The second-order valence-corrected chi connectivity index (χ2v) is 4.29. The third-order valence-corrected chi connectivity index (χ3v) is 3.24. The normalized spacial score (nSPS) is 32.9. The monoisotopic (exact) mass is 232 g/mol. The maximum absolute atomic E-state index is 11.7. The summed E-state index contributed by atoms with van der Waals surface area (Å²) in [6, 6.07) is 0. The average molecular weight is 232 g/mol. The van der Waals surface area contributed by atoms with Gasteiger partial charge in [-0.1, -0.05) is 6.92 Å². The molecule has 16 heavy (non-hydrogen) atoms. The second-order valence-electron chi connectivity index (χ2n) is 4.29. The number of aliphatic carboxylic acids is 1. The summed E-state index contributed by atoms with van der Waals surface area (Å²) in [5, 5.41) is 10.6. The molecule has 2 rings (SSSR count). The van der Waals surface area contributed by atoms with Crippen LogP contribution in [0.4, 0.5) is 0 Å². The van der Waals surface area contributed by atoms with Crippen LogP contribution in [0.25, 0.3) is 0 Å². The molecule has 3 atom stereocenters. The van der Waals surface area contributed by atoms with Gasteiger partial charge < -0.3 is 14.6 Å². The number of ether oxygens (including phenoxy) is 1. The number of allylic oxidation sites excluding steroid dienone is 1. The zero-order valence-electron chi connectivity index (χ0n) is 9.56. The van der Waals surface area contributed by atoms with Crippen molar-refractivity contribution in [3.8, 4) is 0 Å². The van der Waals surface area contributed by atoms with Crippen LogP contribution in [0.5, 0.6) is 0 Å². The largest absolute Gasteiger partial charge is 1.00 e. The van der Waals surface area contributed by atoms with Crippen LogP contribution in [-0.2, 0) is 14.3 Å². The van der Waals surface area contributed by atoms with E-state index in [0.717, 1.165) is 25.3 Å². The zero-order valence-corrected chi connectivity index (χ0v) is 11.6. The molecule has 0 radical (unpaired) electrons. The van der Waals surface area contributed by atoms with Gasteiger partial charge in [0.05, 0.1) is 5.92 Å². The molecule has 0 aromatic carbocycles. The maximum atomic E-state index is 11.7. The van der Waals surface area contributed by atoms with Crippen molar-refractivity contribution in [2.45, 2.75) is 32.3 Å². The van der Waals surface area contributed by atoms with Crippen LogP contribution in [0, 0.1) is 11.8 Å². The Bertz CT molecular complexity index is 337. The first kappa shape index (κ1) is 13.7. The van der Waals surface area contributed by atoms with Gasteiger partial charge in [0, 0.05) is 6.08 Å². The molecule has 2 aliphatic rings. The Labute approximate surface area is 116 Å². The topological polar surface area (TPSA) is 66.4 Å². The fraction of sp³-hybridized carbons (Fsp3) is 0.636. The van der Waals surface area contributed by atoms with Gasteiger partial charge in [-0.2, -0.15) is 0 Å². The van der Waals surface area contributed by atoms with E-state index in [2.05, 4.69) is 0 Å². The summed E-state index contributed by atoms with van der Waals surface area (Å²) in [6.07, 6.45) is 3.55. The summed E-state index contributed by atoms with van der Waals surface area (Å²) in [5.41, 5.74) is 0. The van der Waals surface area contributed by atoms with Gasteiger partial charge in [0.25, 0.3) is 0 Å². The van der Waals surface area contributed by atoms with Crippen LogP contribution >= 0.6 is 0 Å². The molecule has 0 saturated heterocycles. The van der Waals surface area contributed by atoms with Crippen molar-refractivity contribution in [2.75, 3.05) is 0 Å². The Morgan fingerprint density at radius 3 is 2.81 bits per heavy atom. The molecule has 1 aliphatic carbocycles. The van der Waals surface area contributed by atoms with E-state index < -0.39 is 5.97 Å². The van der Waals surface area contributed by atoms with E-state index >= 15 is 0 Å². The average Bonchev–Trinajstić information content (AvgIpc) is 2.17. The number of hydrogen-bond donors (Lipinski definition) is 0. The van der Waals surface area contributed by atoms with Gasteiger partial charge in [-0.15, -0.1) is 0 Å². The number of ketones is 1. The first-order valence-corrected chi connectivity index (χ1v) is 5.23.